The number of carbonyl (C=O) groups is 2. The fourth-order valence-corrected chi connectivity index (χ4v) is 4.71. The fraction of sp³-hybridized carbons (Fsp3) is 0.160. The summed E-state index contributed by atoms with van der Waals surface area (Å²) in [7, 11) is 1.51. The first-order chi connectivity index (χ1) is 16.5. The molecule has 1 atom stereocenters. The first kappa shape index (κ1) is 21.7. The Balaban J connectivity index is 1.62. The highest BCUT2D eigenvalue weighted by Gasteiger charge is 2.46. The number of Topliss-reactive ketones (excluding diaryl/α,β-unsaturated/α-hetero) is 1. The summed E-state index contributed by atoms with van der Waals surface area (Å²) in [4.78, 5) is 32.4. The Morgan fingerprint density at radius 1 is 1.24 bits per heavy atom. The molecule has 0 saturated heterocycles. The van der Waals surface area contributed by atoms with Crippen molar-refractivity contribution >= 4 is 39.1 Å². The van der Waals surface area contributed by atoms with Gasteiger partial charge in [-0.15, -0.1) is 11.3 Å². The number of methoxy groups -OCH3 is 1. The van der Waals surface area contributed by atoms with Crippen LogP contribution in [-0.2, 0) is 4.79 Å². The standard InChI is InChI=1S/C25H20N2O6S/c1-3-32-16-9-7-14(8-10-16)20-19(22(29)24(30)27(20)25-26-11-12-34-25)21(28)18-13-15-5-4-6-17(31-2)23(15)33-18/h4-13,20,29H,3H2,1-2H3. The minimum atomic E-state index is -0.892. The van der Waals surface area contributed by atoms with Crippen molar-refractivity contribution < 1.29 is 28.6 Å². The Hall–Kier alpha value is -4.11. The van der Waals surface area contributed by atoms with Crippen LogP contribution in [0.4, 0.5) is 5.13 Å². The van der Waals surface area contributed by atoms with Crippen LogP contribution in [0.1, 0.15) is 29.1 Å². The number of carbonyl (C=O) groups excluding carboxylic acids is 2. The van der Waals surface area contributed by atoms with Gasteiger partial charge in [-0.1, -0.05) is 24.3 Å². The Labute approximate surface area is 198 Å². The smallest absolute Gasteiger partial charge is 0.296 e. The summed E-state index contributed by atoms with van der Waals surface area (Å²) in [5, 5.41) is 13.6. The van der Waals surface area contributed by atoms with Crippen LogP contribution in [0.2, 0.25) is 0 Å². The van der Waals surface area contributed by atoms with Crippen molar-refractivity contribution in [3.63, 3.8) is 0 Å². The number of thiazole rings is 1. The molecule has 2 aromatic heterocycles. The summed E-state index contributed by atoms with van der Waals surface area (Å²) in [6.07, 6.45) is 1.56. The average molecular weight is 477 g/mol. The lowest BCUT2D eigenvalue weighted by molar-refractivity contribution is -0.117. The molecule has 0 radical (unpaired) electrons. The Kier molecular flexibility index (Phi) is 5.54. The molecule has 3 heterocycles. The zero-order valence-electron chi connectivity index (χ0n) is 18.3. The molecule has 9 heteroatoms. The highest BCUT2D eigenvalue weighted by atomic mass is 32.1. The molecule has 172 valence electrons. The van der Waals surface area contributed by atoms with Crippen LogP contribution in [-0.4, -0.2) is 35.5 Å². The normalized spacial score (nSPS) is 15.9. The molecule has 34 heavy (non-hydrogen) atoms. The van der Waals surface area contributed by atoms with Gasteiger partial charge in [-0.25, -0.2) is 4.98 Å². The van der Waals surface area contributed by atoms with E-state index in [1.807, 2.05) is 6.92 Å². The van der Waals surface area contributed by atoms with Gasteiger partial charge in [0.15, 0.2) is 28.0 Å². The van der Waals surface area contributed by atoms with Crippen molar-refractivity contribution in [2.45, 2.75) is 13.0 Å². The lowest BCUT2D eigenvalue weighted by atomic mass is 9.95. The lowest BCUT2D eigenvalue weighted by Gasteiger charge is -2.24. The predicted octanol–water partition coefficient (Wildman–Crippen LogP) is 5.08. The maximum Gasteiger partial charge on any atom is 0.296 e. The maximum atomic E-state index is 13.7. The van der Waals surface area contributed by atoms with Gasteiger partial charge in [0, 0.05) is 17.0 Å². The summed E-state index contributed by atoms with van der Waals surface area (Å²) < 4.78 is 16.7. The number of benzene rings is 2. The van der Waals surface area contributed by atoms with Crippen molar-refractivity contribution in [3.05, 3.63) is 82.8 Å². The number of furan rings is 1. The van der Waals surface area contributed by atoms with E-state index in [0.29, 0.717) is 39.8 Å². The number of para-hydroxylation sites is 1. The first-order valence-electron chi connectivity index (χ1n) is 10.5. The maximum absolute atomic E-state index is 13.7. The number of hydrogen-bond acceptors (Lipinski definition) is 8. The predicted molar refractivity (Wildman–Crippen MR) is 127 cm³/mol. The molecule has 1 amide bonds. The molecule has 8 nitrogen and oxygen atoms in total. The van der Waals surface area contributed by atoms with E-state index in [1.165, 1.54) is 23.3 Å². The number of rotatable bonds is 7. The molecule has 0 aliphatic carbocycles. The number of aromatic nitrogens is 1. The fourth-order valence-electron chi connectivity index (χ4n) is 4.04. The third-order valence-corrected chi connectivity index (χ3v) is 6.31. The molecule has 2 aromatic carbocycles. The quantitative estimate of drug-likeness (QED) is 0.371. The van der Waals surface area contributed by atoms with Crippen LogP contribution in [0.5, 0.6) is 11.5 Å². The monoisotopic (exact) mass is 476 g/mol. The summed E-state index contributed by atoms with van der Waals surface area (Å²) in [6, 6.07) is 13.0. The van der Waals surface area contributed by atoms with Gasteiger partial charge in [0.1, 0.15) is 5.75 Å². The molecule has 1 unspecified atom stereocenters. The molecule has 0 fully saturated rings. The Morgan fingerprint density at radius 3 is 2.71 bits per heavy atom. The number of nitrogens with zero attached hydrogens (tertiary/aromatic N) is 2. The van der Waals surface area contributed by atoms with E-state index >= 15 is 0 Å². The molecule has 4 aromatic rings. The van der Waals surface area contributed by atoms with E-state index in [4.69, 9.17) is 13.9 Å². The number of aliphatic hydroxyl groups is 1. The van der Waals surface area contributed by atoms with E-state index in [-0.39, 0.29) is 11.3 Å². The van der Waals surface area contributed by atoms with E-state index in [9.17, 15) is 14.7 Å². The van der Waals surface area contributed by atoms with Crippen molar-refractivity contribution in [1.82, 2.24) is 4.98 Å². The Bertz CT molecular complexity index is 1410. The van der Waals surface area contributed by atoms with Gasteiger partial charge in [-0.05, 0) is 36.8 Å². The van der Waals surface area contributed by atoms with Crippen molar-refractivity contribution in [3.8, 4) is 11.5 Å². The van der Waals surface area contributed by atoms with E-state index in [1.54, 1.807) is 60.1 Å². The lowest BCUT2D eigenvalue weighted by Crippen LogP contribution is -2.30. The molecular weight excluding hydrogens is 456 g/mol. The molecule has 0 bridgehead atoms. The summed E-state index contributed by atoms with van der Waals surface area (Å²) in [6.45, 7) is 2.39. The van der Waals surface area contributed by atoms with Crippen LogP contribution >= 0.6 is 11.3 Å². The van der Waals surface area contributed by atoms with Crippen molar-refractivity contribution in [2.75, 3.05) is 18.6 Å². The van der Waals surface area contributed by atoms with Gasteiger partial charge >= 0.3 is 0 Å². The largest absolute Gasteiger partial charge is 0.503 e. The average Bonchev–Trinajstić information content (AvgIpc) is 3.58. The molecule has 1 aliphatic heterocycles. The Morgan fingerprint density at radius 2 is 2.03 bits per heavy atom. The molecular formula is C25H20N2O6S. The molecule has 0 saturated carbocycles. The van der Waals surface area contributed by atoms with Gasteiger partial charge in [-0.3, -0.25) is 14.5 Å². The van der Waals surface area contributed by atoms with Crippen molar-refractivity contribution in [1.29, 1.82) is 0 Å². The molecule has 1 aliphatic rings. The summed E-state index contributed by atoms with van der Waals surface area (Å²) in [5.74, 6) is -0.809. The number of anilines is 1. The van der Waals surface area contributed by atoms with Gasteiger partial charge in [0.05, 0.1) is 25.3 Å². The van der Waals surface area contributed by atoms with Crippen LogP contribution in [0.25, 0.3) is 11.0 Å². The topological polar surface area (TPSA) is 102 Å². The molecule has 0 spiro atoms. The van der Waals surface area contributed by atoms with Gasteiger partial charge < -0.3 is 19.0 Å². The zero-order chi connectivity index (χ0) is 23.8. The number of amides is 1. The minimum absolute atomic E-state index is 0.00854. The van der Waals surface area contributed by atoms with Crippen LogP contribution < -0.4 is 14.4 Å². The van der Waals surface area contributed by atoms with Gasteiger partial charge in [0.2, 0.25) is 5.78 Å². The van der Waals surface area contributed by atoms with E-state index in [2.05, 4.69) is 4.98 Å². The molecule has 1 N–H and O–H groups in total. The SMILES string of the molecule is CCOc1ccc(C2C(C(=O)c3cc4cccc(OC)c4o3)=C(O)C(=O)N2c2nccs2)cc1. The number of ketones is 1. The highest BCUT2D eigenvalue weighted by molar-refractivity contribution is 7.13. The highest BCUT2D eigenvalue weighted by Crippen LogP contribution is 2.43. The van der Waals surface area contributed by atoms with Gasteiger partial charge in [-0.2, -0.15) is 0 Å². The number of hydrogen-bond donors (Lipinski definition) is 1. The van der Waals surface area contributed by atoms with Crippen LogP contribution in [0.3, 0.4) is 0 Å². The van der Waals surface area contributed by atoms with E-state index < -0.39 is 23.5 Å². The molecule has 5 rings (SSSR count). The zero-order valence-corrected chi connectivity index (χ0v) is 19.2. The second kappa shape index (κ2) is 8.68. The third kappa shape index (κ3) is 3.50. The third-order valence-electron chi connectivity index (χ3n) is 5.54. The second-order valence-electron chi connectivity index (χ2n) is 7.48. The number of fused-ring (bicyclic) bond motifs is 1. The van der Waals surface area contributed by atoms with Crippen LogP contribution in [0, 0.1) is 0 Å². The number of ether oxygens (including phenoxy) is 2. The van der Waals surface area contributed by atoms with Gasteiger partial charge in [0.25, 0.3) is 5.91 Å². The minimum Gasteiger partial charge on any atom is -0.503 e. The van der Waals surface area contributed by atoms with E-state index in [0.717, 1.165) is 0 Å². The van der Waals surface area contributed by atoms with Crippen LogP contribution in [0.15, 0.2) is 75.9 Å². The first-order valence-corrected chi connectivity index (χ1v) is 11.4. The van der Waals surface area contributed by atoms with Crippen molar-refractivity contribution in [2.24, 2.45) is 0 Å². The summed E-state index contributed by atoms with van der Waals surface area (Å²) >= 11 is 1.23. The number of aliphatic hydroxyl groups excluding tert-OH is 1. The second-order valence-corrected chi connectivity index (χ2v) is 8.35. The summed E-state index contributed by atoms with van der Waals surface area (Å²) in [5.41, 5.74) is 0.947.